The summed E-state index contributed by atoms with van der Waals surface area (Å²) in [5, 5.41) is 2.80. The van der Waals surface area contributed by atoms with Crippen LogP contribution in [0.4, 0.5) is 5.82 Å². The Bertz CT molecular complexity index is 1200. The molecule has 0 saturated carbocycles. The predicted octanol–water partition coefficient (Wildman–Crippen LogP) is 4.69. The molecule has 2 aromatic heterocycles. The van der Waals surface area contributed by atoms with Gasteiger partial charge >= 0.3 is 0 Å². The summed E-state index contributed by atoms with van der Waals surface area (Å²) in [7, 11) is -3.74. The summed E-state index contributed by atoms with van der Waals surface area (Å²) in [6, 6.07) is 9.71. The molecule has 0 aliphatic rings. The van der Waals surface area contributed by atoms with Crippen LogP contribution in [0.5, 0.6) is 0 Å². The van der Waals surface area contributed by atoms with E-state index in [2.05, 4.69) is 15.3 Å². The molecule has 3 rings (SSSR count). The van der Waals surface area contributed by atoms with E-state index in [0.29, 0.717) is 22.6 Å². The van der Waals surface area contributed by atoms with Gasteiger partial charge in [-0.15, -0.1) is 0 Å². The minimum absolute atomic E-state index is 0.00464. The first-order valence-electron chi connectivity index (χ1n) is 8.53. The number of benzene rings is 1. The van der Waals surface area contributed by atoms with Crippen molar-refractivity contribution in [3.8, 4) is 11.1 Å². The van der Waals surface area contributed by atoms with Gasteiger partial charge in [-0.3, -0.25) is 9.78 Å². The van der Waals surface area contributed by atoms with Crippen molar-refractivity contribution in [2.75, 3.05) is 5.32 Å². The molecule has 0 atom stereocenters. The van der Waals surface area contributed by atoms with Gasteiger partial charge < -0.3 is 5.32 Å². The zero-order valence-electron chi connectivity index (χ0n) is 15.6. The number of aryl methyl sites for hydroxylation is 1. The molecular formula is C20H17Cl2N3O3S. The second-order valence-corrected chi connectivity index (χ2v) is 9.13. The highest BCUT2D eigenvalue weighted by Crippen LogP contribution is 2.32. The molecule has 1 N–H and O–H groups in total. The van der Waals surface area contributed by atoms with Gasteiger partial charge in [0.1, 0.15) is 5.82 Å². The molecule has 0 bridgehead atoms. The molecule has 9 heteroatoms. The third kappa shape index (κ3) is 4.93. The Labute approximate surface area is 178 Å². The maximum Gasteiger partial charge on any atom is 0.222 e. The second-order valence-electron chi connectivity index (χ2n) is 6.39. The van der Waals surface area contributed by atoms with Crippen LogP contribution in [0.25, 0.3) is 11.1 Å². The van der Waals surface area contributed by atoms with Crippen molar-refractivity contribution in [3.63, 3.8) is 0 Å². The van der Waals surface area contributed by atoms with E-state index >= 15 is 0 Å². The van der Waals surface area contributed by atoms with E-state index in [4.69, 9.17) is 23.2 Å². The summed E-state index contributed by atoms with van der Waals surface area (Å²) < 4.78 is 25.8. The van der Waals surface area contributed by atoms with Crippen molar-refractivity contribution in [1.82, 2.24) is 9.97 Å². The first kappa shape index (κ1) is 21.2. The number of carbonyl (C=O) groups excluding carboxylic acids is 1. The van der Waals surface area contributed by atoms with E-state index in [-0.39, 0.29) is 26.6 Å². The van der Waals surface area contributed by atoms with Crippen molar-refractivity contribution in [1.29, 1.82) is 0 Å². The van der Waals surface area contributed by atoms with Crippen molar-refractivity contribution in [2.24, 2.45) is 0 Å². The minimum atomic E-state index is -3.74. The fourth-order valence-corrected chi connectivity index (χ4v) is 4.98. The van der Waals surface area contributed by atoms with Gasteiger partial charge in [-0.25, -0.2) is 13.4 Å². The van der Waals surface area contributed by atoms with Crippen LogP contribution >= 0.6 is 23.2 Å². The first-order chi connectivity index (χ1) is 13.7. The number of carbonyl (C=O) groups is 1. The summed E-state index contributed by atoms with van der Waals surface area (Å²) in [4.78, 5) is 19.7. The Kier molecular flexibility index (Phi) is 6.21. The molecule has 6 nitrogen and oxygen atoms in total. The Morgan fingerprint density at radius 1 is 1.10 bits per heavy atom. The number of pyridine rings is 2. The number of nitrogens with one attached hydrogen (secondary N) is 1. The maximum absolute atomic E-state index is 12.9. The van der Waals surface area contributed by atoms with E-state index < -0.39 is 9.84 Å². The molecule has 29 heavy (non-hydrogen) atoms. The quantitative estimate of drug-likeness (QED) is 0.609. The molecule has 0 radical (unpaired) electrons. The lowest BCUT2D eigenvalue weighted by Gasteiger charge is -2.11. The van der Waals surface area contributed by atoms with Crippen LogP contribution in [0.3, 0.4) is 0 Å². The molecule has 1 amide bonds. The van der Waals surface area contributed by atoms with E-state index in [1.54, 1.807) is 43.6 Å². The highest BCUT2D eigenvalue weighted by Gasteiger charge is 2.22. The smallest absolute Gasteiger partial charge is 0.222 e. The molecule has 0 spiro atoms. The summed E-state index contributed by atoms with van der Waals surface area (Å²) in [5.41, 5.74) is 2.57. The normalized spacial score (nSPS) is 11.3. The van der Waals surface area contributed by atoms with Gasteiger partial charge in [0.15, 0.2) is 9.84 Å². The third-order valence-corrected chi connectivity index (χ3v) is 6.82. The zero-order valence-corrected chi connectivity index (χ0v) is 17.9. The largest absolute Gasteiger partial charge is 0.311 e. The zero-order chi connectivity index (χ0) is 21.2. The molecule has 0 saturated heterocycles. The minimum Gasteiger partial charge on any atom is -0.311 e. The monoisotopic (exact) mass is 449 g/mol. The van der Waals surface area contributed by atoms with Gasteiger partial charge in [-0.05, 0) is 48.4 Å². The number of hydrogen-bond donors (Lipinski definition) is 1. The first-order valence-corrected chi connectivity index (χ1v) is 10.9. The number of amides is 1. The summed E-state index contributed by atoms with van der Waals surface area (Å²) in [5.74, 6) is -0.110. The number of rotatable bonds is 5. The number of halogens is 2. The molecule has 0 unspecified atom stereocenters. The fourth-order valence-electron chi connectivity index (χ4n) is 2.75. The molecule has 2 heterocycles. The number of anilines is 1. The van der Waals surface area contributed by atoms with E-state index in [1.807, 2.05) is 0 Å². The molecule has 0 aliphatic heterocycles. The van der Waals surface area contributed by atoms with E-state index in [9.17, 15) is 13.2 Å². The highest BCUT2D eigenvalue weighted by molar-refractivity contribution is 7.90. The van der Waals surface area contributed by atoms with Gasteiger partial charge in [0.05, 0.1) is 20.7 Å². The van der Waals surface area contributed by atoms with Crippen LogP contribution in [-0.4, -0.2) is 24.3 Å². The van der Waals surface area contributed by atoms with Crippen LogP contribution in [0.2, 0.25) is 10.0 Å². The Hall–Kier alpha value is -2.48. The SMILES string of the molecule is CC(=O)Nc1cc(-c2cnc(C)c(CS(=O)(=O)c3cccc(Cl)c3Cl)c2)ccn1. The predicted molar refractivity (Wildman–Crippen MR) is 114 cm³/mol. The third-order valence-electron chi connectivity index (χ3n) is 4.19. The van der Waals surface area contributed by atoms with Crippen LogP contribution in [0, 0.1) is 6.92 Å². The van der Waals surface area contributed by atoms with E-state index in [0.717, 1.165) is 5.56 Å². The van der Waals surface area contributed by atoms with Crippen LogP contribution in [-0.2, 0) is 20.4 Å². The molecular weight excluding hydrogens is 433 g/mol. The molecule has 150 valence electrons. The van der Waals surface area contributed by atoms with Crippen LogP contribution in [0.15, 0.2) is 53.7 Å². The van der Waals surface area contributed by atoms with Crippen molar-refractivity contribution < 1.29 is 13.2 Å². The fraction of sp³-hybridized carbons (Fsp3) is 0.150. The van der Waals surface area contributed by atoms with Crippen molar-refractivity contribution in [3.05, 3.63) is 70.1 Å². The second kappa shape index (κ2) is 8.49. The summed E-state index contributed by atoms with van der Waals surface area (Å²) >= 11 is 12.1. The van der Waals surface area contributed by atoms with Crippen LogP contribution in [0.1, 0.15) is 18.2 Å². The number of sulfone groups is 1. The van der Waals surface area contributed by atoms with Gasteiger partial charge in [0.2, 0.25) is 5.91 Å². The van der Waals surface area contributed by atoms with Crippen molar-refractivity contribution in [2.45, 2.75) is 24.5 Å². The van der Waals surface area contributed by atoms with Crippen molar-refractivity contribution >= 4 is 44.8 Å². The molecule has 0 aliphatic carbocycles. The molecule has 3 aromatic rings. The van der Waals surface area contributed by atoms with E-state index in [1.165, 1.54) is 19.1 Å². The summed E-state index contributed by atoms with van der Waals surface area (Å²) in [6.07, 6.45) is 3.20. The van der Waals surface area contributed by atoms with Gasteiger partial charge in [-0.1, -0.05) is 29.3 Å². The number of aromatic nitrogens is 2. The maximum atomic E-state index is 12.9. The average molecular weight is 450 g/mol. The van der Waals surface area contributed by atoms with Gasteiger partial charge in [0.25, 0.3) is 0 Å². The molecule has 1 aromatic carbocycles. The highest BCUT2D eigenvalue weighted by atomic mass is 35.5. The summed E-state index contributed by atoms with van der Waals surface area (Å²) in [6.45, 7) is 3.13. The number of hydrogen-bond acceptors (Lipinski definition) is 5. The Morgan fingerprint density at radius 3 is 2.59 bits per heavy atom. The lowest BCUT2D eigenvalue weighted by molar-refractivity contribution is -0.114. The average Bonchev–Trinajstić information content (AvgIpc) is 2.65. The Morgan fingerprint density at radius 2 is 1.86 bits per heavy atom. The standard InChI is InChI=1S/C20H17Cl2N3O3S/c1-12-16(11-29(27,28)18-5-3-4-17(21)20(18)22)8-15(10-24-12)14-6-7-23-19(9-14)25-13(2)26/h3-10H,11H2,1-2H3,(H,23,25,26). The van der Waals surface area contributed by atoms with Gasteiger partial charge in [0, 0.05) is 30.6 Å². The Balaban J connectivity index is 1.98. The lowest BCUT2D eigenvalue weighted by Crippen LogP contribution is -2.08. The van der Waals surface area contributed by atoms with Crippen LogP contribution < -0.4 is 5.32 Å². The number of nitrogens with zero attached hydrogens (tertiary/aromatic N) is 2. The van der Waals surface area contributed by atoms with Gasteiger partial charge in [-0.2, -0.15) is 0 Å². The lowest BCUT2D eigenvalue weighted by atomic mass is 10.1. The topological polar surface area (TPSA) is 89.0 Å². The molecule has 0 fully saturated rings.